The highest BCUT2D eigenvalue weighted by atomic mass is 16.7. The Morgan fingerprint density at radius 1 is 1.52 bits per heavy atom. The molecule has 1 rings (SSSR count). The van der Waals surface area contributed by atoms with Gasteiger partial charge in [0.15, 0.2) is 0 Å². The van der Waals surface area contributed by atoms with Gasteiger partial charge in [-0.05, 0) is 5.53 Å². The third-order valence-corrected chi connectivity index (χ3v) is 3.41. The van der Waals surface area contributed by atoms with Gasteiger partial charge < -0.3 is 35.6 Å². The van der Waals surface area contributed by atoms with Gasteiger partial charge in [-0.15, -0.1) is 0 Å². The van der Waals surface area contributed by atoms with Crippen molar-refractivity contribution in [3.05, 3.63) is 10.4 Å². The number of carbonyl (C=O) groups is 2. The van der Waals surface area contributed by atoms with Gasteiger partial charge in [0.2, 0.25) is 5.91 Å². The molecule has 130 valence electrons. The monoisotopic (exact) mass is 334 g/mol. The molecule has 23 heavy (non-hydrogen) atoms. The van der Waals surface area contributed by atoms with E-state index >= 15 is 0 Å². The van der Waals surface area contributed by atoms with Gasteiger partial charge >= 0.3 is 5.97 Å². The first-order valence-electron chi connectivity index (χ1n) is 6.58. The molecule has 0 saturated carbocycles. The van der Waals surface area contributed by atoms with E-state index in [0.717, 1.165) is 6.92 Å². The molecular formula is C11H18N4O8. The Hall–Kier alpha value is -1.95. The maximum Gasteiger partial charge on any atom is 0.364 e. The minimum atomic E-state index is -2.80. The predicted octanol–water partition coefficient (Wildman–Crippen LogP) is -2.55. The molecule has 0 aromatic heterocycles. The molecule has 0 aromatic rings. The number of carboxylic acid groups (broad SMARTS) is 1. The van der Waals surface area contributed by atoms with Crippen LogP contribution in [0.2, 0.25) is 0 Å². The van der Waals surface area contributed by atoms with E-state index in [9.17, 15) is 24.9 Å². The van der Waals surface area contributed by atoms with Crippen LogP contribution in [0, 0.1) is 0 Å². The van der Waals surface area contributed by atoms with Crippen molar-refractivity contribution < 1.29 is 39.9 Å². The van der Waals surface area contributed by atoms with Gasteiger partial charge in [0.1, 0.15) is 18.3 Å². The van der Waals surface area contributed by atoms with Crippen LogP contribution in [0.3, 0.4) is 0 Å². The largest absolute Gasteiger partial charge is 0.477 e. The van der Waals surface area contributed by atoms with Crippen molar-refractivity contribution >= 4 is 11.9 Å². The van der Waals surface area contributed by atoms with E-state index < -0.39 is 61.1 Å². The summed E-state index contributed by atoms with van der Waals surface area (Å²) >= 11 is 0. The zero-order valence-electron chi connectivity index (χ0n) is 12.1. The van der Waals surface area contributed by atoms with E-state index in [4.69, 9.17) is 20.5 Å². The average molecular weight is 334 g/mol. The number of amides is 1. The predicted molar refractivity (Wildman–Crippen MR) is 71.7 cm³/mol. The number of aliphatic carboxylic acids is 1. The van der Waals surface area contributed by atoms with E-state index in [1.807, 2.05) is 0 Å². The van der Waals surface area contributed by atoms with Crippen molar-refractivity contribution in [1.82, 2.24) is 5.32 Å². The fraction of sp³-hybridized carbons (Fsp3) is 0.818. The first-order chi connectivity index (χ1) is 10.7. The summed E-state index contributed by atoms with van der Waals surface area (Å²) in [4.78, 5) is 25.0. The number of rotatable bonds is 6. The van der Waals surface area contributed by atoms with E-state index in [2.05, 4.69) is 15.3 Å². The quantitative estimate of drug-likeness (QED) is 0.173. The Balaban J connectivity index is 3.26. The van der Waals surface area contributed by atoms with Crippen LogP contribution >= 0.6 is 0 Å². The van der Waals surface area contributed by atoms with Crippen LogP contribution in [0.1, 0.15) is 13.3 Å². The first kappa shape index (κ1) is 19.1. The number of aliphatic hydroxyl groups excluding tert-OH is 3. The van der Waals surface area contributed by atoms with Gasteiger partial charge in [-0.1, -0.05) is 5.11 Å². The van der Waals surface area contributed by atoms with Crippen LogP contribution in [0.25, 0.3) is 10.4 Å². The zero-order valence-corrected chi connectivity index (χ0v) is 12.1. The highest BCUT2D eigenvalue weighted by Crippen LogP contribution is 2.32. The highest BCUT2D eigenvalue weighted by molar-refractivity contribution is 5.76. The number of nitrogens with one attached hydrogen (secondary N) is 1. The molecule has 1 saturated heterocycles. The second-order valence-electron chi connectivity index (χ2n) is 5.12. The van der Waals surface area contributed by atoms with Gasteiger partial charge in [0, 0.05) is 18.3 Å². The zero-order chi connectivity index (χ0) is 17.8. The van der Waals surface area contributed by atoms with Gasteiger partial charge in [-0.2, -0.15) is 0 Å². The number of carbonyl (C=O) groups excluding carboxylic acids is 1. The fourth-order valence-electron chi connectivity index (χ4n) is 2.31. The lowest BCUT2D eigenvalue weighted by atomic mass is 9.87. The lowest BCUT2D eigenvalue weighted by molar-refractivity contribution is -0.282. The molecule has 1 heterocycles. The van der Waals surface area contributed by atoms with Crippen LogP contribution in [0.4, 0.5) is 0 Å². The molecule has 12 heteroatoms. The second-order valence-corrected chi connectivity index (χ2v) is 5.12. The van der Waals surface area contributed by atoms with Crippen molar-refractivity contribution in [2.45, 2.75) is 49.5 Å². The molecule has 0 aliphatic carbocycles. The Morgan fingerprint density at radius 3 is 2.57 bits per heavy atom. The van der Waals surface area contributed by atoms with Crippen LogP contribution in [0.5, 0.6) is 0 Å². The molecule has 1 aliphatic heterocycles. The molecule has 6 atom stereocenters. The molecule has 1 unspecified atom stereocenters. The normalized spacial score (nSPS) is 33.2. The maximum absolute atomic E-state index is 11.3. The highest BCUT2D eigenvalue weighted by Gasteiger charge is 2.53. The molecule has 1 amide bonds. The maximum atomic E-state index is 11.3. The number of nitrogens with zero attached hydrogens (tertiary/aromatic N) is 3. The van der Waals surface area contributed by atoms with Gasteiger partial charge in [-0.25, -0.2) is 4.79 Å². The van der Waals surface area contributed by atoms with Crippen molar-refractivity contribution in [2.75, 3.05) is 6.61 Å². The van der Waals surface area contributed by atoms with E-state index in [1.54, 1.807) is 0 Å². The Kier molecular flexibility index (Phi) is 6.27. The number of carboxylic acids is 1. The molecule has 1 aliphatic rings. The topological polar surface area (TPSA) is 205 Å². The van der Waals surface area contributed by atoms with Crippen molar-refractivity contribution in [3.8, 4) is 0 Å². The van der Waals surface area contributed by atoms with Crippen LogP contribution in [-0.4, -0.2) is 80.2 Å². The third kappa shape index (κ3) is 4.28. The summed E-state index contributed by atoms with van der Waals surface area (Å²) in [5, 5.41) is 53.1. The van der Waals surface area contributed by atoms with E-state index in [0.29, 0.717) is 0 Å². The number of azide groups is 1. The summed E-state index contributed by atoms with van der Waals surface area (Å²) in [5.41, 5.74) is 8.58. The Labute approximate surface area is 129 Å². The summed E-state index contributed by atoms with van der Waals surface area (Å²) in [6.07, 6.45) is -5.93. The van der Waals surface area contributed by atoms with E-state index in [1.165, 1.54) is 0 Å². The summed E-state index contributed by atoms with van der Waals surface area (Å²) in [5.74, 6) is -5.20. The molecule has 0 spiro atoms. The van der Waals surface area contributed by atoms with E-state index in [-0.39, 0.29) is 0 Å². The molecule has 0 aromatic carbocycles. The van der Waals surface area contributed by atoms with Crippen LogP contribution in [0.15, 0.2) is 5.11 Å². The van der Waals surface area contributed by atoms with Crippen LogP contribution < -0.4 is 5.32 Å². The third-order valence-electron chi connectivity index (χ3n) is 3.41. The SMILES string of the molecule is CC(=O)N[C@H]1[C@H]([C@H](O)[C@H](O)CO)OC(O)(C(=O)O)C[C@@H]1N=[N+]=[N-]. The summed E-state index contributed by atoms with van der Waals surface area (Å²) < 4.78 is 4.95. The lowest BCUT2D eigenvalue weighted by Crippen LogP contribution is -2.66. The van der Waals surface area contributed by atoms with Gasteiger partial charge in [-0.3, -0.25) is 4.79 Å². The lowest BCUT2D eigenvalue weighted by Gasteiger charge is -2.45. The minimum absolute atomic E-state index is 0.604. The molecule has 0 radical (unpaired) electrons. The molecular weight excluding hydrogens is 316 g/mol. The number of hydrogen-bond acceptors (Lipinski definition) is 8. The molecule has 12 nitrogen and oxygen atoms in total. The second kappa shape index (κ2) is 7.55. The van der Waals surface area contributed by atoms with Crippen molar-refractivity contribution in [2.24, 2.45) is 5.11 Å². The van der Waals surface area contributed by atoms with Crippen molar-refractivity contribution in [1.29, 1.82) is 0 Å². The molecule has 1 fully saturated rings. The van der Waals surface area contributed by atoms with Gasteiger partial charge in [0.25, 0.3) is 5.79 Å². The summed E-state index contributed by atoms with van der Waals surface area (Å²) in [6, 6.07) is -2.50. The Morgan fingerprint density at radius 2 is 2.13 bits per heavy atom. The first-order valence-corrected chi connectivity index (χ1v) is 6.58. The number of hydrogen-bond donors (Lipinski definition) is 6. The number of aliphatic hydroxyl groups is 4. The molecule has 6 N–H and O–H groups in total. The molecule has 0 bridgehead atoms. The fourth-order valence-corrected chi connectivity index (χ4v) is 2.31. The standard InChI is InChI=1S/C11H18N4O8/c1-4(17)13-7-5(14-15-12)2-11(22,10(20)21)23-9(7)8(19)6(18)3-16/h5-9,16,18-19,22H,2-3H2,1H3,(H,13,17)(H,20,21)/t5-,6+,7+,8+,9+,11?/m0/s1. The summed E-state index contributed by atoms with van der Waals surface area (Å²) in [7, 11) is 0. The van der Waals surface area contributed by atoms with Gasteiger partial charge in [0.05, 0.1) is 18.7 Å². The average Bonchev–Trinajstić information content (AvgIpc) is 2.47. The minimum Gasteiger partial charge on any atom is -0.477 e. The van der Waals surface area contributed by atoms with Crippen LogP contribution in [-0.2, 0) is 14.3 Å². The van der Waals surface area contributed by atoms with Crippen molar-refractivity contribution in [3.63, 3.8) is 0 Å². The Bertz CT molecular complexity index is 510. The summed E-state index contributed by atoms with van der Waals surface area (Å²) in [6.45, 7) is 0.239. The smallest absolute Gasteiger partial charge is 0.364 e. The number of ether oxygens (including phenoxy) is 1.